The van der Waals surface area contributed by atoms with Crippen LogP contribution < -0.4 is 5.32 Å². The zero-order valence-corrected chi connectivity index (χ0v) is 8.86. The van der Waals surface area contributed by atoms with Gasteiger partial charge in [-0.05, 0) is 6.07 Å². The monoisotopic (exact) mass is 252 g/mol. The lowest BCUT2D eigenvalue weighted by atomic mass is 10.2. The van der Waals surface area contributed by atoms with Gasteiger partial charge in [-0.1, -0.05) is 12.1 Å². The van der Waals surface area contributed by atoms with Crippen molar-refractivity contribution in [3.8, 4) is 0 Å². The van der Waals surface area contributed by atoms with Crippen LogP contribution in [0.4, 0.5) is 11.4 Å². The number of hydrogen-bond acceptors (Lipinski definition) is 5. The Hall–Kier alpha value is -2.90. The third kappa shape index (κ3) is 3.30. The third-order valence-electron chi connectivity index (χ3n) is 1.87. The number of para-hydroxylation sites is 2. The number of nitrogens with zero attached hydrogens (tertiary/aromatic N) is 1. The van der Waals surface area contributed by atoms with E-state index >= 15 is 0 Å². The van der Waals surface area contributed by atoms with Crippen molar-refractivity contribution in [3.05, 3.63) is 46.2 Å². The van der Waals surface area contributed by atoms with Gasteiger partial charge in [0.2, 0.25) is 0 Å². The third-order valence-corrected chi connectivity index (χ3v) is 1.87. The van der Waals surface area contributed by atoms with Crippen LogP contribution in [0.25, 0.3) is 0 Å². The fraction of sp³-hybridized carbons (Fsp3) is 0. The van der Waals surface area contributed by atoms with Gasteiger partial charge in [-0.2, -0.15) is 0 Å². The molecule has 1 rings (SSSR count). The van der Waals surface area contributed by atoms with Crippen molar-refractivity contribution in [1.29, 1.82) is 0 Å². The van der Waals surface area contributed by atoms with E-state index in [0.717, 1.165) is 0 Å². The standard InChI is InChI=1S/C10H8N2O6/c13-9(14)5-7(10(15)16)11-6-3-1-2-4-8(6)12(17)18/h1-5,11H,(H,13,14)(H,15,16)/b7-5-. The molecule has 0 atom stereocenters. The highest BCUT2D eigenvalue weighted by molar-refractivity contribution is 5.97. The molecule has 94 valence electrons. The van der Waals surface area contributed by atoms with Gasteiger partial charge in [-0.25, -0.2) is 9.59 Å². The van der Waals surface area contributed by atoms with E-state index in [2.05, 4.69) is 5.32 Å². The first-order valence-electron chi connectivity index (χ1n) is 4.60. The Morgan fingerprint density at radius 2 is 1.89 bits per heavy atom. The van der Waals surface area contributed by atoms with E-state index < -0.39 is 22.6 Å². The van der Waals surface area contributed by atoms with Gasteiger partial charge in [0.25, 0.3) is 5.69 Å². The SMILES string of the molecule is O=C(O)/C=C(\Nc1ccccc1[N+](=O)[O-])C(=O)O. The van der Waals surface area contributed by atoms with Gasteiger partial charge in [0, 0.05) is 6.07 Å². The molecule has 0 aliphatic carbocycles. The van der Waals surface area contributed by atoms with Crippen molar-refractivity contribution >= 4 is 23.3 Å². The normalized spacial score (nSPS) is 10.8. The van der Waals surface area contributed by atoms with E-state index in [1.165, 1.54) is 24.3 Å². The summed E-state index contributed by atoms with van der Waals surface area (Å²) in [5.41, 5.74) is -1.12. The highest BCUT2D eigenvalue weighted by Gasteiger charge is 2.16. The molecule has 0 radical (unpaired) electrons. The zero-order valence-electron chi connectivity index (χ0n) is 8.86. The quantitative estimate of drug-likeness (QED) is 0.405. The maximum absolute atomic E-state index is 10.8. The lowest BCUT2D eigenvalue weighted by Crippen LogP contribution is -2.13. The highest BCUT2D eigenvalue weighted by Crippen LogP contribution is 2.24. The molecular formula is C10H8N2O6. The van der Waals surface area contributed by atoms with Crippen LogP contribution in [0.3, 0.4) is 0 Å². The number of hydrogen-bond donors (Lipinski definition) is 3. The van der Waals surface area contributed by atoms with Gasteiger partial charge < -0.3 is 15.5 Å². The first-order valence-corrected chi connectivity index (χ1v) is 4.60. The molecule has 0 spiro atoms. The summed E-state index contributed by atoms with van der Waals surface area (Å²) in [6.07, 6.45) is 0.416. The Balaban J connectivity index is 3.13. The summed E-state index contributed by atoms with van der Waals surface area (Å²) in [7, 11) is 0. The number of benzene rings is 1. The minimum atomic E-state index is -1.53. The van der Waals surface area contributed by atoms with Crippen LogP contribution in [0, 0.1) is 10.1 Å². The molecule has 0 aromatic heterocycles. The van der Waals surface area contributed by atoms with Crippen molar-refractivity contribution in [2.75, 3.05) is 5.32 Å². The Bertz CT molecular complexity index is 537. The number of anilines is 1. The first-order chi connectivity index (χ1) is 8.41. The van der Waals surface area contributed by atoms with Gasteiger partial charge in [-0.3, -0.25) is 10.1 Å². The Labute approximate surface area is 100 Å². The fourth-order valence-electron chi connectivity index (χ4n) is 1.16. The van der Waals surface area contributed by atoms with Gasteiger partial charge in [0.05, 0.1) is 11.0 Å². The average Bonchev–Trinajstić information content (AvgIpc) is 2.27. The number of carbonyl (C=O) groups is 2. The molecule has 0 unspecified atom stereocenters. The largest absolute Gasteiger partial charge is 0.478 e. The van der Waals surface area contributed by atoms with Crippen LogP contribution in [-0.4, -0.2) is 27.1 Å². The summed E-state index contributed by atoms with van der Waals surface area (Å²) in [5, 5.41) is 30.1. The predicted octanol–water partition coefficient (Wildman–Crippen LogP) is 1.06. The van der Waals surface area contributed by atoms with Crippen molar-refractivity contribution in [2.24, 2.45) is 0 Å². The molecule has 0 saturated carbocycles. The van der Waals surface area contributed by atoms with E-state index in [1.54, 1.807) is 0 Å². The number of nitro groups is 1. The molecule has 0 amide bonds. The van der Waals surface area contributed by atoms with E-state index in [4.69, 9.17) is 10.2 Å². The Kier molecular flexibility index (Phi) is 3.98. The summed E-state index contributed by atoms with van der Waals surface area (Å²) in [5.74, 6) is -3.01. The molecule has 3 N–H and O–H groups in total. The van der Waals surface area contributed by atoms with Gasteiger partial charge >= 0.3 is 11.9 Å². The summed E-state index contributed by atoms with van der Waals surface area (Å²) in [4.78, 5) is 31.1. The molecule has 0 bridgehead atoms. The van der Waals surface area contributed by atoms with Crippen LogP contribution in [-0.2, 0) is 9.59 Å². The van der Waals surface area contributed by atoms with Crippen LogP contribution in [0.15, 0.2) is 36.0 Å². The fourth-order valence-corrected chi connectivity index (χ4v) is 1.16. The molecular weight excluding hydrogens is 244 g/mol. The van der Waals surface area contributed by atoms with E-state index in [9.17, 15) is 19.7 Å². The minimum Gasteiger partial charge on any atom is -0.478 e. The molecule has 0 fully saturated rings. The molecule has 8 heteroatoms. The molecule has 1 aromatic carbocycles. The molecule has 0 aliphatic heterocycles. The molecule has 1 aromatic rings. The van der Waals surface area contributed by atoms with Gasteiger partial charge in [-0.15, -0.1) is 0 Å². The maximum Gasteiger partial charge on any atom is 0.352 e. The topological polar surface area (TPSA) is 130 Å². The van der Waals surface area contributed by atoms with Crippen molar-refractivity contribution in [1.82, 2.24) is 0 Å². The van der Waals surface area contributed by atoms with Crippen molar-refractivity contribution in [3.63, 3.8) is 0 Å². The van der Waals surface area contributed by atoms with Gasteiger partial charge in [0.15, 0.2) is 0 Å². The van der Waals surface area contributed by atoms with Crippen LogP contribution >= 0.6 is 0 Å². The summed E-state index contributed by atoms with van der Waals surface area (Å²) in [6, 6.07) is 5.31. The minimum absolute atomic E-state index is 0.0996. The molecule has 0 aliphatic rings. The highest BCUT2D eigenvalue weighted by atomic mass is 16.6. The van der Waals surface area contributed by atoms with Crippen LogP contribution in [0.2, 0.25) is 0 Å². The summed E-state index contributed by atoms with van der Waals surface area (Å²) >= 11 is 0. The number of carboxylic acids is 2. The maximum atomic E-state index is 10.8. The number of nitro benzene ring substituents is 1. The predicted molar refractivity (Wildman–Crippen MR) is 60.1 cm³/mol. The summed E-state index contributed by atoms with van der Waals surface area (Å²) in [6.45, 7) is 0. The van der Waals surface area contributed by atoms with E-state index in [1.807, 2.05) is 0 Å². The zero-order chi connectivity index (χ0) is 13.7. The molecule has 8 nitrogen and oxygen atoms in total. The van der Waals surface area contributed by atoms with E-state index in [-0.39, 0.29) is 11.4 Å². The second kappa shape index (κ2) is 5.43. The van der Waals surface area contributed by atoms with Gasteiger partial charge in [0.1, 0.15) is 11.4 Å². The second-order valence-electron chi connectivity index (χ2n) is 3.10. The number of carboxylic acid groups (broad SMARTS) is 2. The number of rotatable bonds is 5. The lowest BCUT2D eigenvalue weighted by molar-refractivity contribution is -0.383. The van der Waals surface area contributed by atoms with Crippen LogP contribution in [0.1, 0.15) is 0 Å². The molecule has 18 heavy (non-hydrogen) atoms. The Morgan fingerprint density at radius 3 is 2.39 bits per heavy atom. The van der Waals surface area contributed by atoms with E-state index in [0.29, 0.717) is 6.08 Å². The first kappa shape index (κ1) is 13.2. The lowest BCUT2D eigenvalue weighted by Gasteiger charge is -2.06. The van der Waals surface area contributed by atoms with Crippen LogP contribution in [0.5, 0.6) is 0 Å². The van der Waals surface area contributed by atoms with Crippen molar-refractivity contribution < 1.29 is 24.7 Å². The summed E-state index contributed by atoms with van der Waals surface area (Å²) < 4.78 is 0. The Morgan fingerprint density at radius 1 is 1.28 bits per heavy atom. The van der Waals surface area contributed by atoms with Crippen molar-refractivity contribution in [2.45, 2.75) is 0 Å². The average molecular weight is 252 g/mol. The number of aliphatic carboxylic acids is 2. The number of nitrogens with one attached hydrogen (secondary N) is 1. The second-order valence-corrected chi connectivity index (χ2v) is 3.10. The molecule has 0 saturated heterocycles. The smallest absolute Gasteiger partial charge is 0.352 e. The molecule has 0 heterocycles.